The van der Waals surface area contributed by atoms with Crippen molar-refractivity contribution in [2.75, 3.05) is 13.1 Å². The predicted octanol–water partition coefficient (Wildman–Crippen LogP) is 3.20. The van der Waals surface area contributed by atoms with Crippen LogP contribution in [-0.4, -0.2) is 29.8 Å². The lowest BCUT2D eigenvalue weighted by Gasteiger charge is -2.26. The lowest BCUT2D eigenvalue weighted by molar-refractivity contribution is 0.0903. The molecule has 1 heterocycles. The number of hydrogen-bond acceptors (Lipinski definition) is 3. The Hall–Kier alpha value is -0.670. The number of ketones is 1. The van der Waals surface area contributed by atoms with Crippen LogP contribution in [-0.2, 0) is 0 Å². The van der Waals surface area contributed by atoms with E-state index in [-0.39, 0.29) is 5.78 Å². The molecule has 88 valence electrons. The zero-order valence-electron chi connectivity index (χ0n) is 9.82. The van der Waals surface area contributed by atoms with Gasteiger partial charge in [-0.1, -0.05) is 25.8 Å². The smallest absolute Gasteiger partial charge is 0.186 e. The average molecular weight is 237 g/mol. The van der Waals surface area contributed by atoms with Gasteiger partial charge in [0.1, 0.15) is 0 Å². The number of likely N-dealkylation sites (N-methyl/N-ethyl adjacent to an activating group) is 1. The van der Waals surface area contributed by atoms with E-state index in [1.165, 1.54) is 25.7 Å². The maximum Gasteiger partial charge on any atom is 0.186 e. The predicted molar refractivity (Wildman–Crippen MR) is 68.2 cm³/mol. The van der Waals surface area contributed by atoms with Crippen molar-refractivity contribution in [1.82, 2.24) is 4.90 Å². The molecule has 2 nitrogen and oxygen atoms in total. The number of thiophene rings is 1. The molecule has 0 saturated heterocycles. The summed E-state index contributed by atoms with van der Waals surface area (Å²) in [6.45, 7) is 3.74. The average Bonchev–Trinajstić information content (AvgIpc) is 2.96. The van der Waals surface area contributed by atoms with Gasteiger partial charge in [-0.3, -0.25) is 9.69 Å². The summed E-state index contributed by atoms with van der Waals surface area (Å²) >= 11 is 1.55. The molecular formula is C13H19NOS. The number of carbonyl (C=O) groups is 1. The van der Waals surface area contributed by atoms with Crippen molar-refractivity contribution >= 4 is 17.1 Å². The fraction of sp³-hybridized carbons (Fsp3) is 0.615. The molecule has 0 spiro atoms. The first-order chi connectivity index (χ1) is 7.81. The third kappa shape index (κ3) is 2.71. The van der Waals surface area contributed by atoms with E-state index in [0.29, 0.717) is 12.6 Å². The lowest BCUT2D eigenvalue weighted by Crippen LogP contribution is -2.37. The van der Waals surface area contributed by atoms with Gasteiger partial charge in [0.2, 0.25) is 0 Å². The van der Waals surface area contributed by atoms with Crippen molar-refractivity contribution < 1.29 is 4.79 Å². The summed E-state index contributed by atoms with van der Waals surface area (Å²) in [4.78, 5) is 15.2. The number of Topliss-reactive ketones (excluding diaryl/α,β-unsaturated/α-hetero) is 1. The van der Waals surface area contributed by atoms with Crippen molar-refractivity contribution in [2.45, 2.75) is 38.6 Å². The molecule has 1 fully saturated rings. The van der Waals surface area contributed by atoms with Crippen LogP contribution >= 0.6 is 11.3 Å². The Morgan fingerprint density at radius 3 is 2.81 bits per heavy atom. The van der Waals surface area contributed by atoms with Gasteiger partial charge in [-0.2, -0.15) is 0 Å². The van der Waals surface area contributed by atoms with Gasteiger partial charge in [-0.25, -0.2) is 0 Å². The molecular weight excluding hydrogens is 218 g/mol. The summed E-state index contributed by atoms with van der Waals surface area (Å²) in [5.74, 6) is 0.281. The summed E-state index contributed by atoms with van der Waals surface area (Å²) in [5, 5.41) is 1.97. The molecule has 0 N–H and O–H groups in total. The molecule has 0 aliphatic heterocycles. The Kier molecular flexibility index (Phi) is 4.13. The van der Waals surface area contributed by atoms with Gasteiger partial charge in [-0.05, 0) is 30.8 Å². The van der Waals surface area contributed by atoms with Gasteiger partial charge >= 0.3 is 0 Å². The Morgan fingerprint density at radius 2 is 2.25 bits per heavy atom. The molecule has 1 aromatic rings. The normalized spacial score (nSPS) is 17.1. The minimum absolute atomic E-state index is 0.281. The second kappa shape index (κ2) is 5.60. The van der Waals surface area contributed by atoms with Gasteiger partial charge in [0.15, 0.2) is 5.78 Å². The minimum atomic E-state index is 0.281. The molecule has 1 saturated carbocycles. The third-order valence-corrected chi connectivity index (χ3v) is 4.30. The molecule has 1 aromatic heterocycles. The standard InChI is InChI=1S/C13H19NOS/c1-2-14(11-6-3-4-7-11)10-12(15)13-8-5-9-16-13/h5,8-9,11H,2-4,6-7,10H2,1H3. The highest BCUT2D eigenvalue weighted by Crippen LogP contribution is 2.23. The van der Waals surface area contributed by atoms with Gasteiger partial charge in [-0.15, -0.1) is 11.3 Å². The third-order valence-electron chi connectivity index (χ3n) is 3.39. The molecule has 0 atom stereocenters. The number of carbonyl (C=O) groups excluding carboxylic acids is 1. The highest BCUT2D eigenvalue weighted by Gasteiger charge is 2.23. The molecule has 2 rings (SSSR count). The molecule has 3 heteroatoms. The van der Waals surface area contributed by atoms with Crippen LogP contribution in [0.2, 0.25) is 0 Å². The molecule has 0 amide bonds. The first-order valence-electron chi connectivity index (χ1n) is 6.12. The Bertz CT molecular complexity index is 328. The van der Waals surface area contributed by atoms with Crippen LogP contribution < -0.4 is 0 Å². The fourth-order valence-corrected chi connectivity index (χ4v) is 3.12. The van der Waals surface area contributed by atoms with Crippen molar-refractivity contribution in [2.24, 2.45) is 0 Å². The van der Waals surface area contributed by atoms with Crippen LogP contribution in [0.15, 0.2) is 17.5 Å². The maximum absolute atomic E-state index is 12.0. The molecule has 16 heavy (non-hydrogen) atoms. The van der Waals surface area contributed by atoms with Gasteiger partial charge in [0.05, 0.1) is 11.4 Å². The van der Waals surface area contributed by atoms with Crippen LogP contribution in [0.3, 0.4) is 0 Å². The monoisotopic (exact) mass is 237 g/mol. The molecule has 1 aliphatic rings. The van der Waals surface area contributed by atoms with E-state index >= 15 is 0 Å². The molecule has 0 radical (unpaired) electrons. The summed E-state index contributed by atoms with van der Waals surface area (Å²) < 4.78 is 0. The summed E-state index contributed by atoms with van der Waals surface area (Å²) in [6, 6.07) is 4.52. The first kappa shape index (κ1) is 11.8. The Balaban J connectivity index is 1.93. The van der Waals surface area contributed by atoms with E-state index in [9.17, 15) is 4.79 Å². The number of rotatable bonds is 5. The highest BCUT2D eigenvalue weighted by atomic mass is 32.1. The van der Waals surface area contributed by atoms with E-state index in [4.69, 9.17) is 0 Å². The Labute approximate surface area is 101 Å². The van der Waals surface area contributed by atoms with Gasteiger partial charge in [0, 0.05) is 6.04 Å². The zero-order chi connectivity index (χ0) is 11.4. The van der Waals surface area contributed by atoms with E-state index < -0.39 is 0 Å². The van der Waals surface area contributed by atoms with Crippen molar-refractivity contribution in [1.29, 1.82) is 0 Å². The van der Waals surface area contributed by atoms with Crippen molar-refractivity contribution in [3.8, 4) is 0 Å². The molecule has 0 unspecified atom stereocenters. The molecule has 0 bridgehead atoms. The maximum atomic E-state index is 12.0. The van der Waals surface area contributed by atoms with Crippen molar-refractivity contribution in [3.05, 3.63) is 22.4 Å². The van der Waals surface area contributed by atoms with Crippen LogP contribution in [0.4, 0.5) is 0 Å². The van der Waals surface area contributed by atoms with Crippen molar-refractivity contribution in [3.63, 3.8) is 0 Å². The lowest BCUT2D eigenvalue weighted by atomic mass is 10.2. The van der Waals surface area contributed by atoms with Crippen LogP contribution in [0.1, 0.15) is 42.3 Å². The molecule has 0 aromatic carbocycles. The van der Waals surface area contributed by atoms with Crippen LogP contribution in [0.25, 0.3) is 0 Å². The largest absolute Gasteiger partial charge is 0.293 e. The van der Waals surface area contributed by atoms with Gasteiger partial charge in [0.25, 0.3) is 0 Å². The number of hydrogen-bond donors (Lipinski definition) is 0. The quantitative estimate of drug-likeness (QED) is 0.733. The van der Waals surface area contributed by atoms with Crippen LogP contribution in [0, 0.1) is 0 Å². The van der Waals surface area contributed by atoms with E-state index in [2.05, 4.69) is 11.8 Å². The minimum Gasteiger partial charge on any atom is -0.293 e. The fourth-order valence-electron chi connectivity index (χ4n) is 2.47. The SMILES string of the molecule is CCN(CC(=O)c1cccs1)C1CCCC1. The van der Waals surface area contributed by atoms with Gasteiger partial charge < -0.3 is 0 Å². The summed E-state index contributed by atoms with van der Waals surface area (Å²) in [5.41, 5.74) is 0. The topological polar surface area (TPSA) is 20.3 Å². The van der Waals surface area contributed by atoms with E-state index in [0.717, 1.165) is 11.4 Å². The Morgan fingerprint density at radius 1 is 1.50 bits per heavy atom. The summed E-state index contributed by atoms with van der Waals surface area (Å²) in [7, 11) is 0. The zero-order valence-corrected chi connectivity index (χ0v) is 10.6. The van der Waals surface area contributed by atoms with E-state index in [1.807, 2.05) is 17.5 Å². The first-order valence-corrected chi connectivity index (χ1v) is 7.00. The second-order valence-electron chi connectivity index (χ2n) is 4.40. The number of nitrogens with zero attached hydrogens (tertiary/aromatic N) is 1. The highest BCUT2D eigenvalue weighted by molar-refractivity contribution is 7.12. The van der Waals surface area contributed by atoms with Crippen LogP contribution in [0.5, 0.6) is 0 Å². The van der Waals surface area contributed by atoms with E-state index in [1.54, 1.807) is 11.3 Å². The summed E-state index contributed by atoms with van der Waals surface area (Å²) in [6.07, 6.45) is 5.19. The molecule has 1 aliphatic carbocycles. The second-order valence-corrected chi connectivity index (χ2v) is 5.35.